The molecule has 2 atom stereocenters. The van der Waals surface area contributed by atoms with Crippen LogP contribution in [0.15, 0.2) is 24.3 Å². The number of hydrogen-bond acceptors (Lipinski definition) is 5. The zero-order valence-electron chi connectivity index (χ0n) is 14.7. The van der Waals surface area contributed by atoms with E-state index in [1.165, 1.54) is 17.5 Å². The quantitative estimate of drug-likeness (QED) is 0.808. The Morgan fingerprint density at radius 3 is 2.83 bits per heavy atom. The second-order valence-corrected chi connectivity index (χ2v) is 8.34. The molecule has 2 aromatic rings. The number of likely N-dealkylation sites (tertiary alicyclic amines) is 1. The SMILES string of the molecule is CC1CCN(CC(O)CNC(C)Cc2nc3ccccc3s2)CC1. The molecule has 0 spiro atoms. The van der Waals surface area contributed by atoms with Crippen LogP contribution in [0.5, 0.6) is 0 Å². The molecule has 132 valence electrons. The van der Waals surface area contributed by atoms with Gasteiger partial charge in [-0.25, -0.2) is 4.98 Å². The molecule has 2 N–H and O–H groups in total. The van der Waals surface area contributed by atoms with Gasteiger partial charge in [-0.1, -0.05) is 19.1 Å². The van der Waals surface area contributed by atoms with E-state index in [1.807, 2.05) is 6.07 Å². The van der Waals surface area contributed by atoms with E-state index in [1.54, 1.807) is 11.3 Å². The zero-order chi connectivity index (χ0) is 16.9. The highest BCUT2D eigenvalue weighted by Gasteiger charge is 2.18. The molecule has 2 unspecified atom stereocenters. The van der Waals surface area contributed by atoms with Crippen molar-refractivity contribution in [3.05, 3.63) is 29.3 Å². The maximum atomic E-state index is 10.3. The van der Waals surface area contributed by atoms with E-state index in [9.17, 15) is 5.11 Å². The average Bonchev–Trinajstić information content (AvgIpc) is 2.97. The van der Waals surface area contributed by atoms with Gasteiger partial charge in [-0.2, -0.15) is 0 Å². The Hall–Kier alpha value is -1.01. The van der Waals surface area contributed by atoms with Crippen LogP contribution in [-0.2, 0) is 6.42 Å². The fourth-order valence-electron chi connectivity index (χ4n) is 3.29. The number of rotatable bonds is 7. The molecule has 1 saturated heterocycles. The Morgan fingerprint density at radius 2 is 2.08 bits per heavy atom. The van der Waals surface area contributed by atoms with Gasteiger partial charge in [0.25, 0.3) is 0 Å². The number of hydrogen-bond donors (Lipinski definition) is 2. The van der Waals surface area contributed by atoms with Gasteiger partial charge in [0.2, 0.25) is 0 Å². The maximum absolute atomic E-state index is 10.3. The molecule has 5 heteroatoms. The predicted octanol–water partition coefficient (Wildman–Crippen LogP) is 2.91. The van der Waals surface area contributed by atoms with Gasteiger partial charge in [0.1, 0.15) is 0 Å². The third-order valence-corrected chi connectivity index (χ3v) is 5.92. The lowest BCUT2D eigenvalue weighted by atomic mass is 9.99. The number of thiazole rings is 1. The Bertz CT molecular complexity index is 603. The van der Waals surface area contributed by atoms with Crippen LogP contribution in [0.4, 0.5) is 0 Å². The number of benzene rings is 1. The molecule has 1 aromatic carbocycles. The number of β-amino-alcohol motifs (C(OH)–C–C–N with tert-alkyl or cyclic N) is 1. The number of fused-ring (bicyclic) bond motifs is 1. The van der Waals surface area contributed by atoms with E-state index < -0.39 is 0 Å². The van der Waals surface area contributed by atoms with Crippen molar-refractivity contribution in [2.24, 2.45) is 5.92 Å². The summed E-state index contributed by atoms with van der Waals surface area (Å²) in [7, 11) is 0. The van der Waals surface area contributed by atoms with Gasteiger partial charge in [-0.3, -0.25) is 0 Å². The van der Waals surface area contributed by atoms with Crippen LogP contribution in [0, 0.1) is 5.92 Å². The normalized spacial score (nSPS) is 19.6. The molecule has 4 nitrogen and oxygen atoms in total. The minimum Gasteiger partial charge on any atom is -0.390 e. The Balaban J connectivity index is 1.40. The first-order valence-corrected chi connectivity index (χ1v) is 9.90. The largest absolute Gasteiger partial charge is 0.390 e. The number of piperidine rings is 1. The first kappa shape index (κ1) is 17.8. The maximum Gasteiger partial charge on any atom is 0.0954 e. The van der Waals surface area contributed by atoms with Gasteiger partial charge < -0.3 is 15.3 Å². The van der Waals surface area contributed by atoms with Crippen molar-refractivity contribution in [2.75, 3.05) is 26.2 Å². The van der Waals surface area contributed by atoms with Gasteiger partial charge in [0.15, 0.2) is 0 Å². The van der Waals surface area contributed by atoms with Crippen LogP contribution in [0.3, 0.4) is 0 Å². The van der Waals surface area contributed by atoms with Crippen LogP contribution in [-0.4, -0.2) is 53.3 Å². The lowest BCUT2D eigenvalue weighted by molar-refractivity contribution is 0.0892. The molecule has 1 aliphatic heterocycles. The number of nitrogens with one attached hydrogen (secondary N) is 1. The van der Waals surface area contributed by atoms with E-state index in [4.69, 9.17) is 0 Å². The predicted molar refractivity (Wildman–Crippen MR) is 102 cm³/mol. The van der Waals surface area contributed by atoms with Crippen molar-refractivity contribution in [1.29, 1.82) is 0 Å². The molecule has 1 aliphatic rings. The lowest BCUT2D eigenvalue weighted by Crippen LogP contribution is -2.43. The monoisotopic (exact) mass is 347 g/mol. The highest BCUT2D eigenvalue weighted by molar-refractivity contribution is 7.18. The summed E-state index contributed by atoms with van der Waals surface area (Å²) in [6.45, 7) is 8.17. The molecule has 2 heterocycles. The van der Waals surface area contributed by atoms with Gasteiger partial charge in [0, 0.05) is 25.6 Å². The Kier molecular flexibility index (Phi) is 6.22. The summed E-state index contributed by atoms with van der Waals surface area (Å²) in [6, 6.07) is 8.60. The van der Waals surface area contributed by atoms with Crippen LogP contribution < -0.4 is 5.32 Å². The second kappa shape index (κ2) is 8.39. The fraction of sp³-hybridized carbons (Fsp3) is 0.632. The smallest absolute Gasteiger partial charge is 0.0954 e. The van der Waals surface area contributed by atoms with Crippen molar-refractivity contribution in [3.63, 3.8) is 0 Å². The van der Waals surface area contributed by atoms with Crippen molar-refractivity contribution in [2.45, 2.75) is 45.3 Å². The lowest BCUT2D eigenvalue weighted by Gasteiger charge is -2.31. The topological polar surface area (TPSA) is 48.4 Å². The van der Waals surface area contributed by atoms with E-state index in [2.05, 4.69) is 47.2 Å². The summed E-state index contributed by atoms with van der Waals surface area (Å²) >= 11 is 1.77. The summed E-state index contributed by atoms with van der Waals surface area (Å²) in [5.41, 5.74) is 1.09. The van der Waals surface area contributed by atoms with Crippen LogP contribution in [0.2, 0.25) is 0 Å². The van der Waals surface area contributed by atoms with Gasteiger partial charge in [0.05, 0.1) is 21.3 Å². The number of nitrogens with zero attached hydrogens (tertiary/aromatic N) is 2. The number of aliphatic hydroxyl groups is 1. The summed E-state index contributed by atoms with van der Waals surface area (Å²) in [4.78, 5) is 7.08. The number of para-hydroxylation sites is 1. The molecular weight excluding hydrogens is 318 g/mol. The van der Waals surface area contributed by atoms with Crippen LogP contribution >= 0.6 is 11.3 Å². The zero-order valence-corrected chi connectivity index (χ0v) is 15.6. The van der Waals surface area contributed by atoms with Gasteiger partial charge in [-0.05, 0) is 50.9 Å². The highest BCUT2D eigenvalue weighted by Crippen LogP contribution is 2.22. The molecule has 0 radical (unpaired) electrons. The van der Waals surface area contributed by atoms with E-state index in [0.29, 0.717) is 12.6 Å². The van der Waals surface area contributed by atoms with Crippen molar-refractivity contribution in [3.8, 4) is 0 Å². The third-order valence-electron chi connectivity index (χ3n) is 4.87. The fourth-order valence-corrected chi connectivity index (χ4v) is 4.38. The van der Waals surface area contributed by atoms with Crippen LogP contribution in [0.25, 0.3) is 10.2 Å². The Morgan fingerprint density at radius 1 is 1.33 bits per heavy atom. The molecule has 1 fully saturated rings. The minimum atomic E-state index is -0.295. The molecule has 0 saturated carbocycles. The van der Waals surface area contributed by atoms with Gasteiger partial charge >= 0.3 is 0 Å². The van der Waals surface area contributed by atoms with Crippen LogP contribution in [0.1, 0.15) is 31.7 Å². The van der Waals surface area contributed by atoms with Crippen molar-refractivity contribution >= 4 is 21.6 Å². The minimum absolute atomic E-state index is 0.295. The molecule has 0 amide bonds. The number of aliphatic hydroxyl groups excluding tert-OH is 1. The van der Waals surface area contributed by atoms with Crippen molar-refractivity contribution in [1.82, 2.24) is 15.2 Å². The molecule has 0 bridgehead atoms. The summed E-state index contributed by atoms with van der Waals surface area (Å²) < 4.78 is 1.25. The molecule has 24 heavy (non-hydrogen) atoms. The molecule has 1 aromatic heterocycles. The second-order valence-electron chi connectivity index (χ2n) is 7.23. The molecular formula is C19H29N3OS. The van der Waals surface area contributed by atoms with Gasteiger partial charge in [-0.15, -0.1) is 11.3 Å². The molecule has 3 rings (SSSR count). The first-order chi connectivity index (χ1) is 11.6. The number of aromatic nitrogens is 1. The van der Waals surface area contributed by atoms with E-state index in [0.717, 1.165) is 42.5 Å². The van der Waals surface area contributed by atoms with E-state index >= 15 is 0 Å². The summed E-state index contributed by atoms with van der Waals surface area (Å²) in [5, 5.41) is 14.9. The summed E-state index contributed by atoms with van der Waals surface area (Å²) in [5.74, 6) is 0.838. The third kappa shape index (κ3) is 4.99. The average molecular weight is 348 g/mol. The van der Waals surface area contributed by atoms with E-state index in [-0.39, 0.29) is 6.10 Å². The molecule has 0 aliphatic carbocycles. The van der Waals surface area contributed by atoms with Crippen molar-refractivity contribution < 1.29 is 5.11 Å². The first-order valence-electron chi connectivity index (χ1n) is 9.08. The standard InChI is InChI=1S/C19H29N3OS/c1-14-7-9-22(10-8-14)13-16(23)12-20-15(2)11-19-21-17-5-3-4-6-18(17)24-19/h3-6,14-16,20,23H,7-13H2,1-2H3. The Labute approximate surface area is 148 Å². The highest BCUT2D eigenvalue weighted by atomic mass is 32.1. The summed E-state index contributed by atoms with van der Waals surface area (Å²) in [6.07, 6.45) is 3.13.